The number of hydrogen-bond acceptors (Lipinski definition) is 1. The molecule has 0 unspecified atom stereocenters. The first-order valence-corrected chi connectivity index (χ1v) is 9.12. The average Bonchev–Trinajstić information content (AvgIpc) is 2.52. The molecule has 0 aromatic heterocycles. The molecule has 0 spiro atoms. The van der Waals surface area contributed by atoms with Gasteiger partial charge in [0.05, 0.1) is 0 Å². The second-order valence-electron chi connectivity index (χ2n) is 5.30. The van der Waals surface area contributed by atoms with Crippen LogP contribution in [0.1, 0.15) is 59.8 Å². The van der Waals surface area contributed by atoms with Gasteiger partial charge in [-0.2, -0.15) is 0 Å². The summed E-state index contributed by atoms with van der Waals surface area (Å²) < 4.78 is 0. The standard InChI is InChI=1S/C20H32S/c1-7-10-11-12-13-20(21-6)16-19(18(5)9-3)15-14-17(4)8-2/h7,9-10,13-14H,3,8,11-12,15-16H2,1-2,4-6H3/b10-7?,17-14-,19-18+,20-13-. The average molecular weight is 305 g/mol. The highest BCUT2D eigenvalue weighted by Crippen LogP contribution is 2.27. The van der Waals surface area contributed by atoms with Crippen LogP contribution in [0.5, 0.6) is 0 Å². The molecule has 0 fully saturated rings. The van der Waals surface area contributed by atoms with Gasteiger partial charge in [0.1, 0.15) is 0 Å². The molecule has 0 bridgehead atoms. The molecule has 0 saturated carbocycles. The third-order valence-electron chi connectivity index (χ3n) is 3.71. The Morgan fingerprint density at radius 2 is 1.86 bits per heavy atom. The van der Waals surface area contributed by atoms with Gasteiger partial charge in [-0.25, -0.2) is 0 Å². The van der Waals surface area contributed by atoms with Crippen molar-refractivity contribution < 1.29 is 0 Å². The molecule has 0 heterocycles. The van der Waals surface area contributed by atoms with Gasteiger partial charge in [0.15, 0.2) is 0 Å². The molecular weight excluding hydrogens is 272 g/mol. The summed E-state index contributed by atoms with van der Waals surface area (Å²) in [6, 6.07) is 0. The van der Waals surface area contributed by atoms with E-state index in [1.54, 1.807) is 0 Å². The Kier molecular flexibility index (Phi) is 12.2. The summed E-state index contributed by atoms with van der Waals surface area (Å²) in [5.74, 6) is 0. The van der Waals surface area contributed by atoms with Crippen molar-refractivity contribution in [2.24, 2.45) is 0 Å². The van der Waals surface area contributed by atoms with Crippen LogP contribution >= 0.6 is 11.8 Å². The Bertz CT molecular complexity index is 419. The number of thioether (sulfide) groups is 1. The van der Waals surface area contributed by atoms with Crippen LogP contribution in [0.2, 0.25) is 0 Å². The Balaban J connectivity index is 4.90. The molecule has 0 N–H and O–H groups in total. The van der Waals surface area contributed by atoms with E-state index in [4.69, 9.17) is 0 Å². The van der Waals surface area contributed by atoms with Gasteiger partial charge in [0.2, 0.25) is 0 Å². The molecule has 0 atom stereocenters. The Morgan fingerprint density at radius 1 is 1.14 bits per heavy atom. The third kappa shape index (κ3) is 9.57. The third-order valence-corrected chi connectivity index (χ3v) is 4.54. The predicted molar refractivity (Wildman–Crippen MR) is 102 cm³/mol. The lowest BCUT2D eigenvalue weighted by Crippen LogP contribution is -1.90. The van der Waals surface area contributed by atoms with Crippen molar-refractivity contribution in [3.8, 4) is 0 Å². The SMILES string of the molecule is C=C/C(C)=C(\C/C=C(/C)CC)C/C(=C/CCC=CC)SC. The monoisotopic (exact) mass is 304 g/mol. The van der Waals surface area contributed by atoms with Gasteiger partial charge < -0.3 is 0 Å². The smallest absolute Gasteiger partial charge is 0.000142 e. The largest absolute Gasteiger partial charge is 0.134 e. The van der Waals surface area contributed by atoms with Crippen molar-refractivity contribution in [2.75, 3.05) is 6.26 Å². The van der Waals surface area contributed by atoms with E-state index < -0.39 is 0 Å². The summed E-state index contributed by atoms with van der Waals surface area (Å²) >= 11 is 1.87. The van der Waals surface area contributed by atoms with Gasteiger partial charge in [-0.1, -0.05) is 60.6 Å². The maximum absolute atomic E-state index is 3.93. The van der Waals surface area contributed by atoms with E-state index in [0.29, 0.717) is 0 Å². The predicted octanol–water partition coefficient (Wildman–Crippen LogP) is 7.23. The lowest BCUT2D eigenvalue weighted by molar-refractivity contribution is 0.998. The molecular formula is C20H32S. The van der Waals surface area contributed by atoms with Crippen LogP contribution in [-0.4, -0.2) is 6.26 Å². The minimum atomic E-state index is 1.05. The topological polar surface area (TPSA) is 0 Å². The molecule has 0 rings (SSSR count). The van der Waals surface area contributed by atoms with Crippen LogP contribution < -0.4 is 0 Å². The van der Waals surface area contributed by atoms with Gasteiger partial charge in [-0.15, -0.1) is 11.8 Å². The highest BCUT2D eigenvalue weighted by atomic mass is 32.2. The molecule has 0 aromatic carbocycles. The van der Waals surface area contributed by atoms with E-state index in [2.05, 4.69) is 64.8 Å². The van der Waals surface area contributed by atoms with Crippen LogP contribution in [0.3, 0.4) is 0 Å². The Morgan fingerprint density at radius 3 is 2.38 bits per heavy atom. The summed E-state index contributed by atoms with van der Waals surface area (Å²) in [4.78, 5) is 1.47. The molecule has 0 aliphatic carbocycles. The van der Waals surface area contributed by atoms with E-state index in [-0.39, 0.29) is 0 Å². The van der Waals surface area contributed by atoms with E-state index in [9.17, 15) is 0 Å². The fourth-order valence-electron chi connectivity index (χ4n) is 1.90. The summed E-state index contributed by atoms with van der Waals surface area (Å²) in [5.41, 5.74) is 4.28. The number of rotatable bonds is 10. The first-order chi connectivity index (χ1) is 10.1. The van der Waals surface area contributed by atoms with Crippen LogP contribution in [0.25, 0.3) is 0 Å². The fourth-order valence-corrected chi connectivity index (χ4v) is 2.51. The summed E-state index contributed by atoms with van der Waals surface area (Å²) in [6.07, 6.45) is 18.8. The van der Waals surface area contributed by atoms with Gasteiger partial charge in [0, 0.05) is 0 Å². The molecule has 0 nitrogen and oxygen atoms in total. The Hall–Kier alpha value is -0.950. The van der Waals surface area contributed by atoms with Crippen molar-refractivity contribution in [2.45, 2.75) is 59.8 Å². The van der Waals surface area contributed by atoms with Gasteiger partial charge in [-0.05, 0) is 64.0 Å². The summed E-state index contributed by atoms with van der Waals surface area (Å²) in [6.45, 7) is 12.6. The maximum Gasteiger partial charge on any atom is -0.000142 e. The second-order valence-corrected chi connectivity index (χ2v) is 6.23. The molecule has 0 amide bonds. The molecule has 1 heteroatoms. The van der Waals surface area contributed by atoms with E-state index >= 15 is 0 Å². The number of hydrogen-bond donors (Lipinski definition) is 0. The van der Waals surface area contributed by atoms with Crippen molar-refractivity contribution in [1.82, 2.24) is 0 Å². The van der Waals surface area contributed by atoms with Gasteiger partial charge in [-0.3, -0.25) is 0 Å². The minimum absolute atomic E-state index is 1.05. The van der Waals surface area contributed by atoms with Gasteiger partial charge in [0.25, 0.3) is 0 Å². The van der Waals surface area contributed by atoms with Crippen molar-refractivity contribution in [1.29, 1.82) is 0 Å². The molecule has 0 saturated heterocycles. The van der Waals surface area contributed by atoms with Crippen LogP contribution in [-0.2, 0) is 0 Å². The van der Waals surface area contributed by atoms with E-state index in [1.807, 2.05) is 17.8 Å². The highest BCUT2D eigenvalue weighted by Gasteiger charge is 2.04. The fraction of sp³-hybridized carbons (Fsp3) is 0.500. The second kappa shape index (κ2) is 12.8. The number of allylic oxidation sites excluding steroid dienone is 9. The van der Waals surface area contributed by atoms with Crippen molar-refractivity contribution in [3.05, 3.63) is 58.6 Å². The zero-order valence-corrected chi connectivity index (χ0v) is 15.4. The van der Waals surface area contributed by atoms with Crippen LogP contribution in [0.15, 0.2) is 58.6 Å². The number of unbranched alkanes of at least 4 members (excludes halogenated alkanes) is 1. The zero-order valence-electron chi connectivity index (χ0n) is 14.5. The first kappa shape index (κ1) is 20.1. The first-order valence-electron chi connectivity index (χ1n) is 7.89. The molecule has 0 aromatic rings. The molecule has 0 aliphatic heterocycles. The minimum Gasteiger partial charge on any atom is -0.134 e. The Labute approximate surface area is 136 Å². The van der Waals surface area contributed by atoms with Gasteiger partial charge >= 0.3 is 0 Å². The lowest BCUT2D eigenvalue weighted by atomic mass is 10.00. The van der Waals surface area contributed by atoms with Crippen LogP contribution in [0.4, 0.5) is 0 Å². The maximum atomic E-state index is 3.93. The van der Waals surface area contributed by atoms with E-state index in [1.165, 1.54) is 21.6 Å². The molecule has 21 heavy (non-hydrogen) atoms. The molecule has 0 radical (unpaired) electrons. The van der Waals surface area contributed by atoms with E-state index in [0.717, 1.165) is 32.1 Å². The highest BCUT2D eigenvalue weighted by molar-refractivity contribution is 8.02. The zero-order chi connectivity index (χ0) is 16.1. The van der Waals surface area contributed by atoms with Crippen molar-refractivity contribution >= 4 is 11.8 Å². The molecule has 0 aliphatic rings. The van der Waals surface area contributed by atoms with Crippen molar-refractivity contribution in [3.63, 3.8) is 0 Å². The normalized spacial score (nSPS) is 14.5. The lowest BCUT2D eigenvalue weighted by Gasteiger charge is -2.11. The summed E-state index contributed by atoms with van der Waals surface area (Å²) in [7, 11) is 0. The van der Waals surface area contributed by atoms with Crippen LogP contribution in [0, 0.1) is 0 Å². The summed E-state index contributed by atoms with van der Waals surface area (Å²) in [5, 5.41) is 0. The molecule has 118 valence electrons. The quantitative estimate of drug-likeness (QED) is 0.233.